The minimum absolute atomic E-state index is 0.498. The van der Waals surface area contributed by atoms with Crippen LogP contribution in [0.15, 0.2) is 22.7 Å². The first-order valence-corrected chi connectivity index (χ1v) is 9.08. The lowest BCUT2D eigenvalue weighted by Crippen LogP contribution is -2.44. The smallest absolute Gasteiger partial charge is 0.420 e. The summed E-state index contributed by atoms with van der Waals surface area (Å²) in [5.74, 6) is 0. The molecule has 0 saturated carbocycles. The van der Waals surface area contributed by atoms with Gasteiger partial charge in [0, 0.05) is 9.50 Å². The third-order valence-corrected chi connectivity index (χ3v) is 3.93. The number of carbonyl (C=O) groups excluding carboxylic acids is 2. The van der Waals surface area contributed by atoms with Crippen LogP contribution in [0, 0.1) is 0 Å². The maximum absolute atomic E-state index is 12.7. The first-order chi connectivity index (χ1) is 11.2. The monoisotopic (exact) mass is 433 g/mol. The van der Waals surface area contributed by atoms with E-state index in [4.69, 9.17) is 21.1 Å². The van der Waals surface area contributed by atoms with E-state index in [0.29, 0.717) is 10.6 Å². The Morgan fingerprint density at radius 2 is 1.48 bits per heavy atom. The van der Waals surface area contributed by atoms with Crippen molar-refractivity contribution >= 4 is 39.7 Å². The van der Waals surface area contributed by atoms with Crippen LogP contribution in [0.5, 0.6) is 0 Å². The zero-order valence-electron chi connectivity index (χ0n) is 15.6. The molecule has 0 aliphatic carbocycles. The molecule has 0 bridgehead atoms. The van der Waals surface area contributed by atoms with Crippen LogP contribution in [-0.4, -0.2) is 28.3 Å². The fourth-order valence-corrected chi connectivity index (χ4v) is 2.75. The van der Waals surface area contributed by atoms with Gasteiger partial charge in [0.05, 0.1) is 6.04 Å². The summed E-state index contributed by atoms with van der Waals surface area (Å²) >= 11 is 9.50. The Morgan fingerprint density at radius 3 is 1.88 bits per heavy atom. The van der Waals surface area contributed by atoms with E-state index >= 15 is 0 Å². The number of amides is 2. The van der Waals surface area contributed by atoms with Crippen molar-refractivity contribution in [2.75, 3.05) is 0 Å². The van der Waals surface area contributed by atoms with Crippen molar-refractivity contribution in [3.05, 3.63) is 33.3 Å². The molecule has 1 aromatic rings. The first kappa shape index (κ1) is 21.8. The van der Waals surface area contributed by atoms with Gasteiger partial charge in [-0.25, -0.2) is 14.5 Å². The first-order valence-electron chi connectivity index (χ1n) is 7.91. The Bertz CT molecular complexity index is 621. The number of imide groups is 1. The third-order valence-electron chi connectivity index (χ3n) is 2.98. The van der Waals surface area contributed by atoms with E-state index < -0.39 is 29.4 Å². The predicted octanol–water partition coefficient (Wildman–Crippen LogP) is 6.34. The van der Waals surface area contributed by atoms with Crippen LogP contribution in [0.3, 0.4) is 0 Å². The van der Waals surface area contributed by atoms with Gasteiger partial charge in [-0.3, -0.25) is 0 Å². The SMILES string of the molecule is C[C@H](c1cc(Cl)ccc1Br)N(C(=O)OC(C)(C)C)C(=O)OC(C)(C)C. The Hall–Kier alpha value is -1.27. The summed E-state index contributed by atoms with van der Waals surface area (Å²) in [6.07, 6.45) is -1.55. The summed E-state index contributed by atoms with van der Waals surface area (Å²) in [4.78, 5) is 26.3. The number of rotatable bonds is 2. The number of hydrogen-bond acceptors (Lipinski definition) is 4. The molecule has 7 heteroatoms. The number of ether oxygens (including phenoxy) is 2. The van der Waals surface area contributed by atoms with Gasteiger partial charge in [0.2, 0.25) is 0 Å². The molecular formula is C18H25BrClNO4. The molecule has 0 heterocycles. The maximum atomic E-state index is 12.7. The summed E-state index contributed by atoms with van der Waals surface area (Å²) in [5, 5.41) is 0.498. The third kappa shape index (κ3) is 6.86. The molecule has 1 rings (SSSR count). The van der Waals surface area contributed by atoms with Crippen molar-refractivity contribution in [3.63, 3.8) is 0 Å². The molecule has 0 radical (unpaired) electrons. The Morgan fingerprint density at radius 1 is 1.04 bits per heavy atom. The molecule has 1 atom stereocenters. The largest absolute Gasteiger partial charge is 0.443 e. The summed E-state index contributed by atoms with van der Waals surface area (Å²) in [5.41, 5.74) is -0.824. The van der Waals surface area contributed by atoms with Gasteiger partial charge in [0.15, 0.2) is 0 Å². The number of carbonyl (C=O) groups is 2. The van der Waals surface area contributed by atoms with E-state index in [0.717, 1.165) is 9.37 Å². The molecule has 0 N–H and O–H groups in total. The Kier molecular flexibility index (Phi) is 6.93. The molecule has 140 valence electrons. The highest BCUT2D eigenvalue weighted by atomic mass is 79.9. The van der Waals surface area contributed by atoms with Gasteiger partial charge in [-0.2, -0.15) is 0 Å². The summed E-state index contributed by atoms with van der Waals surface area (Å²) in [6.45, 7) is 12.1. The van der Waals surface area contributed by atoms with E-state index in [-0.39, 0.29) is 0 Å². The van der Waals surface area contributed by atoms with Gasteiger partial charge in [0.25, 0.3) is 0 Å². The van der Waals surface area contributed by atoms with Gasteiger partial charge < -0.3 is 9.47 Å². The second-order valence-electron chi connectivity index (χ2n) is 7.67. The van der Waals surface area contributed by atoms with Gasteiger partial charge in [-0.1, -0.05) is 27.5 Å². The Labute approximate surface area is 162 Å². The fraction of sp³-hybridized carbons (Fsp3) is 0.556. The average molecular weight is 435 g/mol. The average Bonchev–Trinajstić information content (AvgIpc) is 2.37. The van der Waals surface area contributed by atoms with Crippen molar-refractivity contribution in [2.45, 2.75) is 65.7 Å². The topological polar surface area (TPSA) is 55.8 Å². The molecule has 2 amide bonds. The fourth-order valence-electron chi connectivity index (χ4n) is 1.99. The molecule has 0 spiro atoms. The number of nitrogens with zero attached hydrogens (tertiary/aromatic N) is 1. The minimum Gasteiger partial charge on any atom is -0.443 e. The highest BCUT2D eigenvalue weighted by Gasteiger charge is 2.36. The standard InChI is InChI=1S/C18H25BrClNO4/c1-11(13-10-12(20)8-9-14(13)19)21(15(22)24-17(2,3)4)16(23)25-18(5,6)7/h8-11H,1-7H3/t11-/m1/s1. The van der Waals surface area contributed by atoms with Crippen LogP contribution in [0.2, 0.25) is 5.02 Å². The van der Waals surface area contributed by atoms with Crippen LogP contribution in [0.1, 0.15) is 60.1 Å². The van der Waals surface area contributed by atoms with Gasteiger partial charge >= 0.3 is 12.2 Å². The van der Waals surface area contributed by atoms with Crippen molar-refractivity contribution in [1.29, 1.82) is 0 Å². The van der Waals surface area contributed by atoms with E-state index in [1.807, 2.05) is 0 Å². The molecule has 25 heavy (non-hydrogen) atoms. The zero-order chi connectivity index (χ0) is 19.6. The number of benzene rings is 1. The molecule has 0 aromatic heterocycles. The van der Waals surface area contributed by atoms with Crippen LogP contribution in [0.4, 0.5) is 9.59 Å². The summed E-state index contributed by atoms with van der Waals surface area (Å²) in [7, 11) is 0. The van der Waals surface area contributed by atoms with Crippen LogP contribution in [0.25, 0.3) is 0 Å². The quantitative estimate of drug-likeness (QED) is 0.545. The summed E-state index contributed by atoms with van der Waals surface area (Å²) < 4.78 is 11.5. The highest BCUT2D eigenvalue weighted by Crippen LogP contribution is 2.32. The molecule has 1 aromatic carbocycles. The highest BCUT2D eigenvalue weighted by molar-refractivity contribution is 9.10. The number of halogens is 2. The van der Waals surface area contributed by atoms with Crippen LogP contribution >= 0.6 is 27.5 Å². The predicted molar refractivity (Wildman–Crippen MR) is 102 cm³/mol. The second-order valence-corrected chi connectivity index (χ2v) is 8.96. The minimum atomic E-state index is -0.777. The summed E-state index contributed by atoms with van der Waals surface area (Å²) in [6, 6.07) is 4.53. The van der Waals surface area contributed by atoms with Gasteiger partial charge in [-0.05, 0) is 72.2 Å². The Balaban J connectivity index is 3.27. The lowest BCUT2D eigenvalue weighted by Gasteiger charge is -2.32. The lowest BCUT2D eigenvalue weighted by molar-refractivity contribution is -0.00614. The van der Waals surface area contributed by atoms with E-state index in [9.17, 15) is 9.59 Å². The van der Waals surface area contributed by atoms with Gasteiger partial charge in [-0.15, -0.1) is 0 Å². The van der Waals surface area contributed by atoms with Crippen molar-refractivity contribution < 1.29 is 19.1 Å². The van der Waals surface area contributed by atoms with Crippen molar-refractivity contribution in [2.24, 2.45) is 0 Å². The molecule has 0 fully saturated rings. The van der Waals surface area contributed by atoms with Crippen molar-refractivity contribution in [1.82, 2.24) is 4.90 Å². The van der Waals surface area contributed by atoms with E-state index in [1.165, 1.54) is 0 Å². The molecule has 0 saturated heterocycles. The lowest BCUT2D eigenvalue weighted by atomic mass is 10.1. The molecule has 5 nitrogen and oxygen atoms in total. The number of hydrogen-bond donors (Lipinski definition) is 0. The van der Waals surface area contributed by atoms with Gasteiger partial charge in [0.1, 0.15) is 11.2 Å². The molecule has 0 aliphatic heterocycles. The normalized spacial score (nSPS) is 13.2. The second kappa shape index (κ2) is 7.96. The maximum Gasteiger partial charge on any atom is 0.420 e. The van der Waals surface area contributed by atoms with Crippen molar-refractivity contribution in [3.8, 4) is 0 Å². The van der Waals surface area contributed by atoms with E-state index in [2.05, 4.69) is 15.9 Å². The van der Waals surface area contributed by atoms with Crippen LogP contribution < -0.4 is 0 Å². The molecule has 0 unspecified atom stereocenters. The molecule has 0 aliphatic rings. The molecular weight excluding hydrogens is 410 g/mol. The zero-order valence-corrected chi connectivity index (χ0v) is 18.0. The van der Waals surface area contributed by atoms with Crippen LogP contribution in [-0.2, 0) is 9.47 Å². The van der Waals surface area contributed by atoms with E-state index in [1.54, 1.807) is 66.7 Å².